The predicted molar refractivity (Wildman–Crippen MR) is 91.9 cm³/mol. The number of carbonyl (C=O) groups is 2. The highest BCUT2D eigenvalue weighted by molar-refractivity contribution is 5.89. The molecule has 1 fully saturated rings. The van der Waals surface area contributed by atoms with Crippen LogP contribution in [0.25, 0.3) is 0 Å². The molecule has 0 saturated carbocycles. The second-order valence-electron chi connectivity index (χ2n) is 6.68. The molecule has 2 amide bonds. The van der Waals surface area contributed by atoms with Crippen LogP contribution in [0.15, 0.2) is 0 Å². The lowest BCUT2D eigenvalue weighted by molar-refractivity contribution is -0.130. The molecule has 130 valence electrons. The van der Waals surface area contributed by atoms with E-state index in [2.05, 4.69) is 19.2 Å². The zero-order chi connectivity index (χ0) is 16.2. The van der Waals surface area contributed by atoms with Crippen molar-refractivity contribution in [2.75, 3.05) is 13.1 Å². The third-order valence-electron chi connectivity index (χ3n) is 5.02. The number of halogens is 1. The van der Waals surface area contributed by atoms with Gasteiger partial charge in [-0.15, -0.1) is 12.4 Å². The fourth-order valence-corrected chi connectivity index (χ4v) is 2.80. The van der Waals surface area contributed by atoms with Crippen LogP contribution in [0.4, 0.5) is 0 Å². The molecule has 1 aliphatic rings. The normalized spacial score (nSPS) is 21.0. The molecule has 0 bridgehead atoms. The third kappa shape index (κ3) is 4.59. The minimum Gasteiger partial charge on any atom is -0.349 e. The summed E-state index contributed by atoms with van der Waals surface area (Å²) in [6.07, 6.45) is 2.19. The van der Waals surface area contributed by atoms with Crippen LogP contribution < -0.4 is 11.1 Å². The summed E-state index contributed by atoms with van der Waals surface area (Å²) in [5.74, 6) is 0.0581. The summed E-state index contributed by atoms with van der Waals surface area (Å²) in [7, 11) is 0. The Bertz CT molecular complexity index is 386. The van der Waals surface area contributed by atoms with Gasteiger partial charge < -0.3 is 16.0 Å². The third-order valence-corrected chi connectivity index (χ3v) is 5.02. The molecule has 1 rings (SSSR count). The number of hydrogen-bond acceptors (Lipinski definition) is 3. The molecular formula is C16H32ClN3O2. The van der Waals surface area contributed by atoms with Gasteiger partial charge in [0.2, 0.25) is 11.8 Å². The first-order valence-electron chi connectivity index (χ1n) is 8.10. The first-order valence-corrected chi connectivity index (χ1v) is 8.10. The van der Waals surface area contributed by atoms with Gasteiger partial charge in [0.15, 0.2) is 0 Å². The van der Waals surface area contributed by atoms with E-state index >= 15 is 0 Å². The molecule has 5 nitrogen and oxygen atoms in total. The monoisotopic (exact) mass is 333 g/mol. The van der Waals surface area contributed by atoms with Crippen molar-refractivity contribution in [1.82, 2.24) is 10.2 Å². The maximum absolute atomic E-state index is 12.5. The largest absolute Gasteiger partial charge is 0.349 e. The average Bonchev–Trinajstić information content (AvgIpc) is 2.82. The number of nitrogens with two attached hydrogens (primary N) is 1. The molecular weight excluding hydrogens is 302 g/mol. The Kier molecular flexibility index (Phi) is 8.40. The van der Waals surface area contributed by atoms with Crippen LogP contribution >= 0.6 is 12.4 Å². The minimum absolute atomic E-state index is 0. The lowest BCUT2D eigenvalue weighted by Gasteiger charge is -2.34. The average molecular weight is 334 g/mol. The van der Waals surface area contributed by atoms with E-state index in [4.69, 9.17) is 5.73 Å². The molecule has 0 aromatic carbocycles. The fraction of sp³-hybridized carbons (Fsp3) is 0.875. The summed E-state index contributed by atoms with van der Waals surface area (Å²) >= 11 is 0. The summed E-state index contributed by atoms with van der Waals surface area (Å²) < 4.78 is 0. The second-order valence-corrected chi connectivity index (χ2v) is 6.68. The van der Waals surface area contributed by atoms with E-state index in [-0.39, 0.29) is 42.1 Å². The molecule has 1 aliphatic heterocycles. The highest BCUT2D eigenvalue weighted by atomic mass is 35.5. The molecule has 0 radical (unpaired) electrons. The number of amides is 2. The molecule has 1 heterocycles. The quantitative estimate of drug-likeness (QED) is 0.747. The van der Waals surface area contributed by atoms with E-state index in [1.54, 1.807) is 0 Å². The molecule has 0 spiro atoms. The second kappa shape index (κ2) is 8.73. The van der Waals surface area contributed by atoms with Crippen molar-refractivity contribution in [1.29, 1.82) is 0 Å². The van der Waals surface area contributed by atoms with Gasteiger partial charge in [0, 0.05) is 25.6 Å². The molecule has 22 heavy (non-hydrogen) atoms. The topological polar surface area (TPSA) is 75.4 Å². The van der Waals surface area contributed by atoms with E-state index in [1.807, 2.05) is 25.7 Å². The van der Waals surface area contributed by atoms with E-state index in [1.165, 1.54) is 0 Å². The van der Waals surface area contributed by atoms with Crippen molar-refractivity contribution >= 4 is 24.2 Å². The highest BCUT2D eigenvalue weighted by Gasteiger charge is 2.39. The SMILES string of the molecule is CCC(CC)N1CC(C(=O)NC(C)(CN)C(C)C)CC1=O.Cl. The van der Waals surface area contributed by atoms with Crippen LogP contribution in [0, 0.1) is 11.8 Å². The first-order chi connectivity index (χ1) is 9.78. The van der Waals surface area contributed by atoms with E-state index in [0.717, 1.165) is 12.8 Å². The highest BCUT2D eigenvalue weighted by Crippen LogP contribution is 2.24. The summed E-state index contributed by atoms with van der Waals surface area (Å²) in [6, 6.07) is 0.251. The van der Waals surface area contributed by atoms with Crippen LogP contribution in [0.3, 0.4) is 0 Å². The number of likely N-dealkylation sites (tertiary alicyclic amines) is 1. The maximum Gasteiger partial charge on any atom is 0.225 e. The van der Waals surface area contributed by atoms with Crippen molar-refractivity contribution in [3.8, 4) is 0 Å². The van der Waals surface area contributed by atoms with Crippen molar-refractivity contribution in [3.05, 3.63) is 0 Å². The van der Waals surface area contributed by atoms with Crippen LogP contribution in [-0.2, 0) is 9.59 Å². The molecule has 1 saturated heterocycles. The number of carbonyl (C=O) groups excluding carboxylic acids is 2. The van der Waals surface area contributed by atoms with Gasteiger partial charge in [-0.05, 0) is 25.7 Å². The lowest BCUT2D eigenvalue weighted by atomic mass is 9.87. The summed E-state index contributed by atoms with van der Waals surface area (Å²) in [5, 5.41) is 3.06. The van der Waals surface area contributed by atoms with E-state index in [9.17, 15) is 9.59 Å². The number of rotatable bonds is 7. The van der Waals surface area contributed by atoms with Crippen molar-refractivity contribution < 1.29 is 9.59 Å². The zero-order valence-corrected chi connectivity index (χ0v) is 15.3. The Labute approximate surface area is 140 Å². The number of nitrogens with one attached hydrogen (secondary N) is 1. The van der Waals surface area contributed by atoms with Crippen molar-refractivity contribution in [2.24, 2.45) is 17.6 Å². The lowest BCUT2D eigenvalue weighted by Crippen LogP contribution is -2.56. The van der Waals surface area contributed by atoms with Crippen LogP contribution in [0.5, 0.6) is 0 Å². The fourth-order valence-electron chi connectivity index (χ4n) is 2.80. The molecule has 3 N–H and O–H groups in total. The maximum atomic E-state index is 12.5. The van der Waals surface area contributed by atoms with Gasteiger partial charge in [0.05, 0.1) is 11.5 Å². The molecule has 0 aliphatic carbocycles. The van der Waals surface area contributed by atoms with Gasteiger partial charge in [-0.1, -0.05) is 27.7 Å². The van der Waals surface area contributed by atoms with Crippen molar-refractivity contribution in [3.63, 3.8) is 0 Å². The van der Waals surface area contributed by atoms with E-state index < -0.39 is 5.54 Å². The standard InChI is InChI=1S/C16H31N3O2.ClH/c1-6-13(7-2)19-9-12(8-14(19)20)15(21)18-16(5,10-17)11(3)4;/h11-13H,6-10,17H2,1-5H3,(H,18,21);1H. The van der Waals surface area contributed by atoms with Crippen LogP contribution in [0.1, 0.15) is 53.9 Å². The number of hydrogen-bond donors (Lipinski definition) is 2. The zero-order valence-electron chi connectivity index (χ0n) is 14.5. The predicted octanol–water partition coefficient (Wildman–Crippen LogP) is 1.93. The number of nitrogens with zero attached hydrogens (tertiary/aromatic N) is 1. The Morgan fingerprint density at radius 3 is 2.36 bits per heavy atom. The van der Waals surface area contributed by atoms with Gasteiger partial charge in [0.1, 0.15) is 0 Å². The summed E-state index contributed by atoms with van der Waals surface area (Å²) in [4.78, 5) is 26.5. The van der Waals surface area contributed by atoms with E-state index in [0.29, 0.717) is 19.5 Å². The molecule has 2 unspecified atom stereocenters. The van der Waals surface area contributed by atoms with Gasteiger partial charge in [0.25, 0.3) is 0 Å². The molecule has 6 heteroatoms. The Balaban J connectivity index is 0.00000441. The Morgan fingerprint density at radius 1 is 1.41 bits per heavy atom. The molecule has 2 atom stereocenters. The molecule has 0 aromatic rings. The molecule has 0 aromatic heterocycles. The van der Waals surface area contributed by atoms with Crippen LogP contribution in [0.2, 0.25) is 0 Å². The Morgan fingerprint density at radius 2 is 1.95 bits per heavy atom. The smallest absolute Gasteiger partial charge is 0.225 e. The minimum atomic E-state index is -0.414. The summed E-state index contributed by atoms with van der Waals surface area (Å²) in [5.41, 5.74) is 5.39. The van der Waals surface area contributed by atoms with Crippen molar-refractivity contribution in [2.45, 2.75) is 65.5 Å². The van der Waals surface area contributed by atoms with Gasteiger partial charge >= 0.3 is 0 Å². The first kappa shape index (κ1) is 21.2. The van der Waals surface area contributed by atoms with Gasteiger partial charge in [-0.2, -0.15) is 0 Å². The Hall–Kier alpha value is -0.810. The van der Waals surface area contributed by atoms with Gasteiger partial charge in [-0.25, -0.2) is 0 Å². The summed E-state index contributed by atoms with van der Waals surface area (Å²) in [6.45, 7) is 11.2. The van der Waals surface area contributed by atoms with Gasteiger partial charge in [-0.3, -0.25) is 9.59 Å². The van der Waals surface area contributed by atoms with Crippen LogP contribution in [-0.4, -0.2) is 41.4 Å².